The molecular formula is C18H26N2O7S. The molecule has 1 N–H and O–H groups in total. The molecule has 1 aliphatic heterocycles. The predicted molar refractivity (Wildman–Crippen MR) is 104 cm³/mol. The van der Waals surface area contributed by atoms with E-state index in [2.05, 4.69) is 9.98 Å². The van der Waals surface area contributed by atoms with Crippen molar-refractivity contribution < 1.29 is 33.6 Å². The van der Waals surface area contributed by atoms with Crippen LogP contribution in [0.4, 0.5) is 0 Å². The Balaban J connectivity index is 1.78. The molecule has 1 aromatic rings. The van der Waals surface area contributed by atoms with E-state index in [0.717, 1.165) is 0 Å². The van der Waals surface area contributed by atoms with Crippen LogP contribution in [-0.2, 0) is 23.7 Å². The Morgan fingerprint density at radius 2 is 1.86 bits per heavy atom. The molecule has 156 valence electrons. The fourth-order valence-corrected chi connectivity index (χ4v) is 3.46. The van der Waals surface area contributed by atoms with E-state index >= 15 is 0 Å². The summed E-state index contributed by atoms with van der Waals surface area (Å²) >= 11 is 1.35. The first-order chi connectivity index (χ1) is 13.5. The number of pyridine rings is 1. The minimum Gasteiger partial charge on any atom is -0.505 e. The smallest absolute Gasteiger partial charge is 0.334 e. The summed E-state index contributed by atoms with van der Waals surface area (Å²) in [5.74, 6) is 0.366. The molecule has 0 radical (unpaired) electrons. The predicted octanol–water partition coefficient (Wildman–Crippen LogP) is 1.27. The van der Waals surface area contributed by atoms with Crippen molar-refractivity contribution in [2.75, 3.05) is 59.6 Å². The van der Waals surface area contributed by atoms with Gasteiger partial charge in [-0.25, -0.2) is 9.78 Å². The minimum absolute atomic E-state index is 0.0645. The van der Waals surface area contributed by atoms with Crippen LogP contribution in [0.2, 0.25) is 0 Å². The first-order valence-electron chi connectivity index (χ1n) is 8.78. The van der Waals surface area contributed by atoms with E-state index in [0.29, 0.717) is 61.9 Å². The highest BCUT2D eigenvalue weighted by atomic mass is 32.2. The molecule has 2 rings (SSSR count). The van der Waals surface area contributed by atoms with Gasteiger partial charge in [0.05, 0.1) is 46.3 Å². The van der Waals surface area contributed by atoms with Gasteiger partial charge in [-0.1, -0.05) is 0 Å². The SMILES string of the molecule is COCCOCCOCCOc1cnc(C2=N[C@@](C)(C(=O)OC)CS2)c(O)c1. The third kappa shape index (κ3) is 6.33. The Hall–Kier alpha value is -1.88. The van der Waals surface area contributed by atoms with Gasteiger partial charge in [0, 0.05) is 18.9 Å². The number of hydrogen-bond acceptors (Lipinski definition) is 10. The number of esters is 1. The van der Waals surface area contributed by atoms with E-state index in [1.165, 1.54) is 31.1 Å². The lowest BCUT2D eigenvalue weighted by Gasteiger charge is -2.15. The zero-order valence-corrected chi connectivity index (χ0v) is 17.1. The van der Waals surface area contributed by atoms with Crippen LogP contribution >= 0.6 is 11.8 Å². The number of methoxy groups -OCH3 is 2. The monoisotopic (exact) mass is 414 g/mol. The van der Waals surface area contributed by atoms with E-state index < -0.39 is 11.5 Å². The van der Waals surface area contributed by atoms with Crippen molar-refractivity contribution in [2.45, 2.75) is 12.5 Å². The van der Waals surface area contributed by atoms with Crippen LogP contribution in [0.25, 0.3) is 0 Å². The number of thioether (sulfide) groups is 1. The first-order valence-corrected chi connectivity index (χ1v) is 9.76. The molecular weight excluding hydrogens is 388 g/mol. The average molecular weight is 414 g/mol. The van der Waals surface area contributed by atoms with Crippen LogP contribution in [0, 0.1) is 0 Å². The van der Waals surface area contributed by atoms with Gasteiger partial charge in [0.2, 0.25) is 0 Å². The van der Waals surface area contributed by atoms with Gasteiger partial charge in [0.1, 0.15) is 28.8 Å². The summed E-state index contributed by atoms with van der Waals surface area (Å²) in [4.78, 5) is 20.4. The van der Waals surface area contributed by atoms with E-state index in [4.69, 9.17) is 23.7 Å². The standard InChI is InChI=1S/C18H26N2O7S/c1-18(17(22)24-3)12-28-16(20-18)15-14(21)10-13(11-19-15)27-9-8-26-7-6-25-5-4-23-2/h10-11,21H,4-9,12H2,1-3H3/t18-/m1/s1. The summed E-state index contributed by atoms with van der Waals surface area (Å²) in [6.07, 6.45) is 1.50. The summed E-state index contributed by atoms with van der Waals surface area (Å²) in [5, 5.41) is 10.7. The maximum atomic E-state index is 11.8. The van der Waals surface area contributed by atoms with Crippen molar-refractivity contribution in [3.05, 3.63) is 18.0 Å². The second kappa shape index (κ2) is 11.2. The van der Waals surface area contributed by atoms with Crippen LogP contribution in [0.3, 0.4) is 0 Å². The lowest BCUT2D eigenvalue weighted by molar-refractivity contribution is -0.145. The highest BCUT2D eigenvalue weighted by Crippen LogP contribution is 2.34. The maximum absolute atomic E-state index is 11.8. The second-order valence-corrected chi connectivity index (χ2v) is 7.04. The molecule has 2 heterocycles. The largest absolute Gasteiger partial charge is 0.505 e. The van der Waals surface area contributed by atoms with Gasteiger partial charge in [0.15, 0.2) is 5.54 Å². The molecule has 0 spiro atoms. The fourth-order valence-electron chi connectivity index (χ4n) is 2.30. The molecule has 28 heavy (non-hydrogen) atoms. The summed E-state index contributed by atoms with van der Waals surface area (Å²) in [6, 6.07) is 1.47. The summed E-state index contributed by atoms with van der Waals surface area (Å²) in [6.45, 7) is 4.44. The quantitative estimate of drug-likeness (QED) is 0.399. The maximum Gasteiger partial charge on any atom is 0.334 e. The summed E-state index contributed by atoms with van der Waals surface area (Å²) in [7, 11) is 2.95. The summed E-state index contributed by atoms with van der Waals surface area (Å²) < 4.78 is 25.8. The van der Waals surface area contributed by atoms with E-state index in [-0.39, 0.29) is 5.75 Å². The van der Waals surface area contributed by atoms with Crippen LogP contribution in [-0.4, -0.2) is 86.3 Å². The van der Waals surface area contributed by atoms with Gasteiger partial charge in [-0.15, -0.1) is 11.8 Å². The second-order valence-electron chi connectivity index (χ2n) is 6.08. The number of aromatic hydroxyl groups is 1. The zero-order chi connectivity index (χ0) is 20.4. The Morgan fingerprint density at radius 1 is 1.18 bits per heavy atom. The van der Waals surface area contributed by atoms with Crippen LogP contribution in [0.5, 0.6) is 11.5 Å². The molecule has 0 amide bonds. The normalized spacial score (nSPS) is 18.8. The van der Waals surface area contributed by atoms with Crippen molar-refractivity contribution in [1.29, 1.82) is 0 Å². The molecule has 0 saturated carbocycles. The molecule has 1 atom stereocenters. The van der Waals surface area contributed by atoms with Gasteiger partial charge in [-0.05, 0) is 6.92 Å². The highest BCUT2D eigenvalue weighted by molar-refractivity contribution is 8.14. The fraction of sp³-hybridized carbons (Fsp3) is 0.611. The van der Waals surface area contributed by atoms with Crippen molar-refractivity contribution in [3.8, 4) is 11.5 Å². The molecule has 0 bridgehead atoms. The number of carbonyl (C=O) groups is 1. The van der Waals surface area contributed by atoms with Gasteiger partial charge in [0.25, 0.3) is 0 Å². The molecule has 0 aliphatic carbocycles. The van der Waals surface area contributed by atoms with Crippen molar-refractivity contribution in [3.63, 3.8) is 0 Å². The van der Waals surface area contributed by atoms with Crippen LogP contribution in [0.1, 0.15) is 12.6 Å². The Morgan fingerprint density at radius 3 is 2.50 bits per heavy atom. The number of carbonyl (C=O) groups excluding carboxylic acids is 1. The van der Waals surface area contributed by atoms with Crippen LogP contribution < -0.4 is 4.74 Å². The summed E-state index contributed by atoms with van der Waals surface area (Å²) in [5.41, 5.74) is -0.655. The number of nitrogens with zero attached hydrogens (tertiary/aromatic N) is 2. The number of aliphatic imine (C=N–C) groups is 1. The molecule has 10 heteroatoms. The first kappa shape index (κ1) is 22.4. The number of rotatable bonds is 12. The molecule has 0 fully saturated rings. The van der Waals surface area contributed by atoms with E-state index in [9.17, 15) is 9.90 Å². The highest BCUT2D eigenvalue weighted by Gasteiger charge is 2.40. The van der Waals surface area contributed by atoms with Crippen molar-refractivity contribution >= 4 is 22.8 Å². The van der Waals surface area contributed by atoms with Gasteiger partial charge < -0.3 is 28.8 Å². The van der Waals surface area contributed by atoms with Gasteiger partial charge in [-0.2, -0.15) is 0 Å². The number of ether oxygens (including phenoxy) is 5. The Labute approximate surface area is 168 Å². The van der Waals surface area contributed by atoms with Gasteiger partial charge >= 0.3 is 5.97 Å². The third-order valence-electron chi connectivity index (χ3n) is 3.81. The van der Waals surface area contributed by atoms with Gasteiger partial charge in [-0.3, -0.25) is 4.99 Å². The Kier molecular flexibility index (Phi) is 8.97. The molecule has 9 nitrogen and oxygen atoms in total. The van der Waals surface area contributed by atoms with E-state index in [1.807, 2.05) is 0 Å². The number of hydrogen-bond donors (Lipinski definition) is 1. The lowest BCUT2D eigenvalue weighted by atomic mass is 10.1. The topological polar surface area (TPSA) is 109 Å². The molecule has 0 unspecified atom stereocenters. The molecule has 1 aliphatic rings. The van der Waals surface area contributed by atoms with Crippen molar-refractivity contribution in [1.82, 2.24) is 4.98 Å². The van der Waals surface area contributed by atoms with E-state index in [1.54, 1.807) is 14.0 Å². The molecule has 0 saturated heterocycles. The number of aromatic nitrogens is 1. The lowest BCUT2D eigenvalue weighted by Crippen LogP contribution is -2.34. The zero-order valence-electron chi connectivity index (χ0n) is 16.3. The van der Waals surface area contributed by atoms with Crippen molar-refractivity contribution in [2.24, 2.45) is 4.99 Å². The van der Waals surface area contributed by atoms with Crippen LogP contribution in [0.15, 0.2) is 17.3 Å². The third-order valence-corrected chi connectivity index (χ3v) is 5.07. The average Bonchev–Trinajstić information content (AvgIpc) is 3.09. The Bertz CT molecular complexity index is 686. The molecule has 1 aromatic heterocycles. The minimum atomic E-state index is -0.970. The molecule has 0 aromatic carbocycles.